The molecule has 0 spiro atoms. The highest BCUT2D eigenvalue weighted by molar-refractivity contribution is 5.48. The number of nitrogens with zero attached hydrogens (tertiary/aromatic N) is 1. The molecule has 66 valence electrons. The summed E-state index contributed by atoms with van der Waals surface area (Å²) in [6.45, 7) is 0.724. The van der Waals surface area contributed by atoms with E-state index in [1.54, 1.807) is 0 Å². The Morgan fingerprint density at radius 2 is 1.82 bits per heavy atom. The summed E-state index contributed by atoms with van der Waals surface area (Å²) < 4.78 is 35.8. The van der Waals surface area contributed by atoms with Crippen LogP contribution in [0.4, 0.5) is 13.2 Å². The Morgan fingerprint density at radius 3 is 1.91 bits per heavy atom. The quantitative estimate of drug-likeness (QED) is 0.479. The minimum Gasteiger partial charge on any atom is -0.322 e. The molecule has 0 aromatic carbocycles. The molecule has 6 heteroatoms. The Hall–Kier alpha value is -0.780. The summed E-state index contributed by atoms with van der Waals surface area (Å²) in [7, 11) is 0.973. The first-order chi connectivity index (χ1) is 4.73. The lowest BCUT2D eigenvalue weighted by Gasteiger charge is -2.33. The first-order valence-electron chi connectivity index (χ1n) is 2.77. The van der Waals surface area contributed by atoms with Crippen LogP contribution in [0.1, 0.15) is 6.92 Å². The molecular formula is C5H9F3N2O. The van der Waals surface area contributed by atoms with Crippen molar-refractivity contribution < 1.29 is 18.0 Å². The molecule has 11 heavy (non-hydrogen) atoms. The maximum atomic E-state index is 11.9. The monoisotopic (exact) mass is 170 g/mol. The fourth-order valence-corrected chi connectivity index (χ4v) is 0.309. The van der Waals surface area contributed by atoms with Gasteiger partial charge in [-0.2, -0.15) is 13.2 Å². The van der Waals surface area contributed by atoms with Crippen LogP contribution in [0.15, 0.2) is 0 Å². The van der Waals surface area contributed by atoms with Gasteiger partial charge in [-0.25, -0.2) is 0 Å². The molecule has 0 rings (SSSR count). The maximum absolute atomic E-state index is 11.9. The zero-order valence-corrected chi connectivity index (χ0v) is 6.14. The smallest absolute Gasteiger partial charge is 0.322 e. The predicted octanol–water partition coefficient (Wildman–Crippen LogP) is 0.312. The molecule has 1 amide bonds. The second-order valence-electron chi connectivity index (χ2n) is 2.36. The maximum Gasteiger partial charge on any atom is 0.424 e. The van der Waals surface area contributed by atoms with Crippen LogP contribution in [-0.2, 0) is 4.79 Å². The van der Waals surface area contributed by atoms with E-state index in [0.717, 1.165) is 14.0 Å². The summed E-state index contributed by atoms with van der Waals surface area (Å²) in [5.41, 5.74) is 2.23. The first-order valence-corrected chi connectivity index (χ1v) is 2.77. The lowest BCUT2D eigenvalue weighted by atomic mass is 10.2. The molecule has 0 aliphatic rings. The Balaban J connectivity index is 4.58. The molecule has 0 radical (unpaired) electrons. The Bertz CT molecular complexity index is 154. The van der Waals surface area contributed by atoms with Crippen molar-refractivity contribution in [1.29, 1.82) is 0 Å². The van der Waals surface area contributed by atoms with E-state index in [1.807, 2.05) is 0 Å². The van der Waals surface area contributed by atoms with E-state index < -0.39 is 11.8 Å². The van der Waals surface area contributed by atoms with Gasteiger partial charge in [-0.15, -0.1) is 0 Å². The van der Waals surface area contributed by atoms with Gasteiger partial charge in [0, 0.05) is 7.05 Å². The number of alkyl halides is 3. The summed E-state index contributed by atoms with van der Waals surface area (Å²) in [4.78, 5) is 10.3. The standard InChI is InChI=1S/C5H9F3N2O/c1-4(9,5(6,7)8)10(2)3-11/h3H,9H2,1-2H3. The van der Waals surface area contributed by atoms with E-state index >= 15 is 0 Å². The second-order valence-corrected chi connectivity index (χ2v) is 2.36. The van der Waals surface area contributed by atoms with Crippen molar-refractivity contribution in [2.75, 3.05) is 7.05 Å². The highest BCUT2D eigenvalue weighted by Crippen LogP contribution is 2.28. The second kappa shape index (κ2) is 2.69. The molecule has 0 aromatic rings. The predicted molar refractivity (Wildman–Crippen MR) is 32.5 cm³/mol. The van der Waals surface area contributed by atoms with Crippen molar-refractivity contribution in [2.45, 2.75) is 18.8 Å². The van der Waals surface area contributed by atoms with Crippen LogP contribution in [-0.4, -0.2) is 30.2 Å². The molecule has 3 nitrogen and oxygen atoms in total. The van der Waals surface area contributed by atoms with Gasteiger partial charge in [-0.05, 0) is 6.92 Å². The molecule has 0 fully saturated rings. The summed E-state index contributed by atoms with van der Waals surface area (Å²) in [5, 5.41) is 0. The number of carbonyl (C=O) groups excluding carboxylic acids is 1. The van der Waals surface area contributed by atoms with Crippen molar-refractivity contribution in [3.63, 3.8) is 0 Å². The highest BCUT2D eigenvalue weighted by atomic mass is 19.4. The fraction of sp³-hybridized carbons (Fsp3) is 0.800. The van der Waals surface area contributed by atoms with Crippen molar-refractivity contribution >= 4 is 6.41 Å². The van der Waals surface area contributed by atoms with Gasteiger partial charge in [-0.1, -0.05) is 0 Å². The molecule has 0 saturated carbocycles. The highest BCUT2D eigenvalue weighted by Gasteiger charge is 2.51. The van der Waals surface area contributed by atoms with E-state index in [4.69, 9.17) is 5.73 Å². The first kappa shape index (κ1) is 10.2. The number of hydrogen-bond donors (Lipinski definition) is 1. The fourth-order valence-electron chi connectivity index (χ4n) is 0.309. The SMILES string of the molecule is CN(C=O)C(C)(N)C(F)(F)F. The van der Waals surface area contributed by atoms with Gasteiger partial charge in [0.25, 0.3) is 0 Å². The Kier molecular flexibility index (Phi) is 2.50. The number of carbonyl (C=O) groups is 1. The summed E-state index contributed by atoms with van der Waals surface area (Å²) in [5.74, 6) is 0. The Labute approximate surface area is 62.0 Å². The lowest BCUT2D eigenvalue weighted by molar-refractivity contribution is -0.217. The molecular weight excluding hydrogens is 161 g/mol. The van der Waals surface area contributed by atoms with Gasteiger partial charge in [0.1, 0.15) is 0 Å². The number of nitrogens with two attached hydrogens (primary N) is 1. The van der Waals surface area contributed by atoms with E-state index in [9.17, 15) is 18.0 Å². The summed E-state index contributed by atoms with van der Waals surface area (Å²) in [6.07, 6.45) is -4.57. The molecule has 0 aliphatic heterocycles. The van der Waals surface area contributed by atoms with Crippen LogP contribution >= 0.6 is 0 Å². The largest absolute Gasteiger partial charge is 0.424 e. The van der Waals surface area contributed by atoms with Gasteiger partial charge >= 0.3 is 6.18 Å². The van der Waals surface area contributed by atoms with Gasteiger partial charge < -0.3 is 10.6 Å². The third-order valence-corrected chi connectivity index (χ3v) is 1.46. The third kappa shape index (κ3) is 1.83. The van der Waals surface area contributed by atoms with Crippen LogP contribution in [0.2, 0.25) is 0 Å². The number of hydrogen-bond acceptors (Lipinski definition) is 2. The third-order valence-electron chi connectivity index (χ3n) is 1.46. The van der Waals surface area contributed by atoms with Crippen LogP contribution < -0.4 is 5.73 Å². The average Bonchev–Trinajstić information content (AvgIpc) is 1.83. The van der Waals surface area contributed by atoms with Crippen LogP contribution in [0, 0.1) is 0 Å². The molecule has 0 bridgehead atoms. The van der Waals surface area contributed by atoms with Crippen molar-refractivity contribution in [2.24, 2.45) is 5.73 Å². The molecule has 0 aromatic heterocycles. The average molecular weight is 170 g/mol. The van der Waals surface area contributed by atoms with Crippen molar-refractivity contribution in [3.05, 3.63) is 0 Å². The van der Waals surface area contributed by atoms with E-state index in [1.165, 1.54) is 0 Å². The minimum atomic E-state index is -4.61. The molecule has 0 aliphatic carbocycles. The van der Waals surface area contributed by atoms with Crippen LogP contribution in [0.5, 0.6) is 0 Å². The minimum absolute atomic E-state index is 0.0352. The normalized spacial score (nSPS) is 17.3. The number of amides is 1. The van der Waals surface area contributed by atoms with Crippen LogP contribution in [0.25, 0.3) is 0 Å². The van der Waals surface area contributed by atoms with Gasteiger partial charge in [0.2, 0.25) is 6.41 Å². The molecule has 0 heterocycles. The van der Waals surface area contributed by atoms with Gasteiger partial charge in [0.05, 0.1) is 0 Å². The van der Waals surface area contributed by atoms with Crippen molar-refractivity contribution in [3.8, 4) is 0 Å². The van der Waals surface area contributed by atoms with Crippen molar-refractivity contribution in [1.82, 2.24) is 4.90 Å². The van der Waals surface area contributed by atoms with E-state index in [0.29, 0.717) is 4.90 Å². The summed E-state index contributed by atoms with van der Waals surface area (Å²) >= 11 is 0. The number of halogens is 3. The molecule has 0 saturated heterocycles. The molecule has 2 N–H and O–H groups in total. The Morgan fingerprint density at radius 1 is 1.45 bits per heavy atom. The van der Waals surface area contributed by atoms with E-state index in [-0.39, 0.29) is 6.41 Å². The zero-order chi connectivity index (χ0) is 9.28. The summed E-state index contributed by atoms with van der Waals surface area (Å²) in [6, 6.07) is 0. The van der Waals surface area contributed by atoms with Gasteiger partial charge in [-0.3, -0.25) is 4.79 Å². The van der Waals surface area contributed by atoms with Gasteiger partial charge in [0.15, 0.2) is 5.66 Å². The molecule has 1 unspecified atom stereocenters. The zero-order valence-electron chi connectivity index (χ0n) is 6.14. The topological polar surface area (TPSA) is 46.3 Å². The number of rotatable bonds is 2. The molecule has 1 atom stereocenters. The van der Waals surface area contributed by atoms with Crippen LogP contribution in [0.3, 0.4) is 0 Å². The van der Waals surface area contributed by atoms with E-state index in [2.05, 4.69) is 0 Å². The lowest BCUT2D eigenvalue weighted by Crippen LogP contribution is -2.61.